The highest BCUT2D eigenvalue weighted by Crippen LogP contribution is 2.27. The summed E-state index contributed by atoms with van der Waals surface area (Å²) in [7, 11) is 0. The molecule has 180 valence electrons. The molecule has 1 aromatic carbocycles. The number of nitrogens with zero attached hydrogens (tertiary/aromatic N) is 1. The number of carbonyl (C=O) groups excluding carboxylic acids is 1. The van der Waals surface area contributed by atoms with Gasteiger partial charge in [0.15, 0.2) is 5.96 Å². The van der Waals surface area contributed by atoms with Gasteiger partial charge >= 0.3 is 0 Å². The van der Waals surface area contributed by atoms with Gasteiger partial charge in [-0.15, -0.1) is 24.0 Å². The second kappa shape index (κ2) is 14.6. The quantitative estimate of drug-likeness (QED) is 0.177. The first-order chi connectivity index (χ1) is 15.1. The van der Waals surface area contributed by atoms with E-state index in [9.17, 15) is 4.79 Å². The summed E-state index contributed by atoms with van der Waals surface area (Å²) < 4.78 is 11.6. The van der Waals surface area contributed by atoms with Crippen LogP contribution in [-0.2, 0) is 16.1 Å². The molecule has 0 aromatic heterocycles. The molecule has 0 spiro atoms. The molecule has 1 atom stereocenters. The maximum atomic E-state index is 12.1. The fraction of sp³-hybridized carbons (Fsp3) is 0.667. The van der Waals surface area contributed by atoms with E-state index in [1.54, 1.807) is 0 Å². The number of halogens is 1. The highest BCUT2D eigenvalue weighted by molar-refractivity contribution is 14.0. The summed E-state index contributed by atoms with van der Waals surface area (Å²) in [5.41, 5.74) is 2.22. The summed E-state index contributed by atoms with van der Waals surface area (Å²) in [5, 5.41) is 9.60. The van der Waals surface area contributed by atoms with E-state index in [4.69, 9.17) is 14.5 Å². The normalized spacial score (nSPS) is 18.8. The maximum absolute atomic E-state index is 12.1. The summed E-state index contributed by atoms with van der Waals surface area (Å²) in [6, 6.07) is 6.24. The number of nitrogens with one attached hydrogen (secondary N) is 3. The molecule has 1 heterocycles. The molecule has 1 aromatic rings. The first kappa shape index (κ1) is 26.7. The van der Waals surface area contributed by atoms with Gasteiger partial charge in [-0.3, -0.25) is 4.79 Å². The Labute approximate surface area is 209 Å². The van der Waals surface area contributed by atoms with E-state index in [1.165, 1.54) is 31.2 Å². The van der Waals surface area contributed by atoms with E-state index < -0.39 is 0 Å². The lowest BCUT2D eigenvalue weighted by Gasteiger charge is -2.16. The summed E-state index contributed by atoms with van der Waals surface area (Å²) >= 11 is 0. The van der Waals surface area contributed by atoms with Crippen molar-refractivity contribution in [3.05, 3.63) is 29.3 Å². The minimum absolute atomic E-state index is 0. The fourth-order valence-electron chi connectivity index (χ4n) is 4.13. The number of amides is 1. The minimum atomic E-state index is 0. The number of benzene rings is 1. The van der Waals surface area contributed by atoms with Crippen molar-refractivity contribution in [1.82, 2.24) is 16.0 Å². The average molecular weight is 559 g/mol. The molecule has 3 N–H and O–H groups in total. The number of rotatable bonds is 10. The number of ether oxygens (including phenoxy) is 2. The standard InChI is InChI=1S/C24H38N4O3.HI/c1-3-25-24(27-12-11-26-23(29)15-19-6-4-5-7-19)28-16-20-9-8-18(2)14-22(20)31-21-10-13-30-17-21;/h8-9,14,19,21H,3-7,10-13,15-17H2,1-2H3,(H,26,29)(H2,25,27,28);1H. The molecule has 1 aliphatic carbocycles. The van der Waals surface area contributed by atoms with Crippen LogP contribution in [0.2, 0.25) is 0 Å². The van der Waals surface area contributed by atoms with Crippen LogP contribution < -0.4 is 20.7 Å². The third kappa shape index (κ3) is 9.13. The smallest absolute Gasteiger partial charge is 0.220 e. The zero-order valence-corrected chi connectivity index (χ0v) is 21.8. The number of carbonyl (C=O) groups is 1. The highest BCUT2D eigenvalue weighted by atomic mass is 127. The van der Waals surface area contributed by atoms with E-state index in [-0.39, 0.29) is 36.0 Å². The van der Waals surface area contributed by atoms with E-state index >= 15 is 0 Å². The predicted molar refractivity (Wildman–Crippen MR) is 139 cm³/mol. The van der Waals surface area contributed by atoms with Gasteiger partial charge in [-0.05, 0) is 44.2 Å². The molecule has 32 heavy (non-hydrogen) atoms. The van der Waals surface area contributed by atoms with Crippen molar-refractivity contribution in [2.75, 3.05) is 32.8 Å². The number of hydrogen-bond donors (Lipinski definition) is 3. The Morgan fingerprint density at radius 2 is 1.94 bits per heavy atom. The minimum Gasteiger partial charge on any atom is -0.488 e. The number of aryl methyl sites for hydroxylation is 1. The summed E-state index contributed by atoms with van der Waals surface area (Å²) in [6.07, 6.45) is 6.63. The van der Waals surface area contributed by atoms with Crippen LogP contribution in [0.15, 0.2) is 23.2 Å². The Bertz CT molecular complexity index is 732. The molecule has 1 saturated carbocycles. The molecule has 7 nitrogen and oxygen atoms in total. The molecular formula is C24H39IN4O3. The van der Waals surface area contributed by atoms with Crippen LogP contribution in [0, 0.1) is 12.8 Å². The Hall–Kier alpha value is -1.55. The van der Waals surface area contributed by atoms with Crippen molar-refractivity contribution in [2.45, 2.75) is 65.0 Å². The van der Waals surface area contributed by atoms with Gasteiger partial charge in [0, 0.05) is 38.0 Å². The van der Waals surface area contributed by atoms with Crippen molar-refractivity contribution in [2.24, 2.45) is 10.9 Å². The van der Waals surface area contributed by atoms with Crippen LogP contribution in [0.1, 0.15) is 56.6 Å². The van der Waals surface area contributed by atoms with Crippen molar-refractivity contribution in [3.63, 3.8) is 0 Å². The van der Waals surface area contributed by atoms with Crippen LogP contribution in [0.25, 0.3) is 0 Å². The molecule has 3 rings (SSSR count). The topological polar surface area (TPSA) is 84.0 Å². The summed E-state index contributed by atoms with van der Waals surface area (Å²) in [5.74, 6) is 2.36. The van der Waals surface area contributed by atoms with Crippen molar-refractivity contribution in [1.29, 1.82) is 0 Å². The SMILES string of the molecule is CCNC(=NCc1ccc(C)cc1OC1CCOC1)NCCNC(=O)CC1CCCC1.I. The monoisotopic (exact) mass is 558 g/mol. The first-order valence-corrected chi connectivity index (χ1v) is 11.8. The lowest BCUT2D eigenvalue weighted by Crippen LogP contribution is -2.41. The number of guanidine groups is 1. The highest BCUT2D eigenvalue weighted by Gasteiger charge is 2.19. The van der Waals surface area contributed by atoms with E-state index in [2.05, 4.69) is 41.1 Å². The lowest BCUT2D eigenvalue weighted by molar-refractivity contribution is -0.121. The van der Waals surface area contributed by atoms with Gasteiger partial charge in [-0.25, -0.2) is 4.99 Å². The third-order valence-electron chi connectivity index (χ3n) is 5.84. The molecule has 1 amide bonds. The maximum Gasteiger partial charge on any atom is 0.220 e. The van der Waals surface area contributed by atoms with Crippen LogP contribution in [0.4, 0.5) is 0 Å². The van der Waals surface area contributed by atoms with Gasteiger partial charge in [-0.1, -0.05) is 25.0 Å². The third-order valence-corrected chi connectivity index (χ3v) is 5.84. The first-order valence-electron chi connectivity index (χ1n) is 11.8. The van der Waals surface area contributed by atoms with E-state index in [0.29, 0.717) is 38.6 Å². The van der Waals surface area contributed by atoms with Crippen LogP contribution in [-0.4, -0.2) is 50.8 Å². The molecule has 2 aliphatic rings. The molecule has 1 unspecified atom stereocenters. The molecule has 2 fully saturated rings. The van der Waals surface area contributed by atoms with Crippen LogP contribution >= 0.6 is 24.0 Å². The van der Waals surface area contributed by atoms with Crippen molar-refractivity contribution in [3.8, 4) is 5.75 Å². The average Bonchev–Trinajstić information content (AvgIpc) is 3.45. The molecule has 0 radical (unpaired) electrons. The molecule has 1 aliphatic heterocycles. The van der Waals surface area contributed by atoms with Gasteiger partial charge in [0.25, 0.3) is 0 Å². The zero-order valence-electron chi connectivity index (χ0n) is 19.5. The van der Waals surface area contributed by atoms with Gasteiger partial charge in [0.1, 0.15) is 11.9 Å². The Morgan fingerprint density at radius 1 is 1.16 bits per heavy atom. The number of aliphatic imine (C=N–C) groups is 1. The summed E-state index contributed by atoms with van der Waals surface area (Å²) in [4.78, 5) is 16.8. The summed E-state index contributed by atoms with van der Waals surface area (Å²) in [6.45, 7) is 8.04. The second-order valence-electron chi connectivity index (χ2n) is 8.54. The van der Waals surface area contributed by atoms with Gasteiger partial charge in [-0.2, -0.15) is 0 Å². The lowest BCUT2D eigenvalue weighted by atomic mass is 10.0. The second-order valence-corrected chi connectivity index (χ2v) is 8.54. The molecule has 8 heteroatoms. The molecular weight excluding hydrogens is 519 g/mol. The largest absolute Gasteiger partial charge is 0.488 e. The van der Waals surface area contributed by atoms with Gasteiger partial charge in [0.2, 0.25) is 5.91 Å². The molecule has 0 bridgehead atoms. The molecule has 1 saturated heterocycles. The predicted octanol–water partition coefficient (Wildman–Crippen LogP) is 3.53. The van der Waals surface area contributed by atoms with Crippen LogP contribution in [0.3, 0.4) is 0 Å². The van der Waals surface area contributed by atoms with Gasteiger partial charge in [0.05, 0.1) is 19.8 Å². The van der Waals surface area contributed by atoms with E-state index in [0.717, 1.165) is 36.8 Å². The van der Waals surface area contributed by atoms with Gasteiger partial charge < -0.3 is 25.4 Å². The Kier molecular flexibility index (Phi) is 12.2. The van der Waals surface area contributed by atoms with Crippen molar-refractivity contribution < 1.29 is 14.3 Å². The Balaban J connectivity index is 0.00000363. The van der Waals surface area contributed by atoms with Crippen LogP contribution in [0.5, 0.6) is 5.75 Å². The van der Waals surface area contributed by atoms with E-state index in [1.807, 2.05) is 6.92 Å². The fourth-order valence-corrected chi connectivity index (χ4v) is 4.13. The number of hydrogen-bond acceptors (Lipinski definition) is 4. The zero-order chi connectivity index (χ0) is 21.9. The Morgan fingerprint density at radius 3 is 2.66 bits per heavy atom. The van der Waals surface area contributed by atoms with Crippen molar-refractivity contribution >= 4 is 35.8 Å².